The minimum Gasteiger partial charge on any atom is -0.383 e. The number of methoxy groups -OCH3 is 1. The van der Waals surface area contributed by atoms with E-state index >= 15 is 0 Å². The molecule has 0 spiro atoms. The normalized spacial score (nSPS) is 11.9. The van der Waals surface area contributed by atoms with Gasteiger partial charge in [-0.25, -0.2) is 0 Å². The third-order valence-electron chi connectivity index (χ3n) is 2.56. The van der Waals surface area contributed by atoms with E-state index in [1.54, 1.807) is 13.0 Å². The van der Waals surface area contributed by atoms with Crippen molar-refractivity contribution in [1.29, 1.82) is 0 Å². The molecule has 1 rings (SSSR count). The van der Waals surface area contributed by atoms with Crippen LogP contribution in [-0.2, 0) is 4.74 Å². The van der Waals surface area contributed by atoms with E-state index in [0.717, 1.165) is 0 Å². The predicted octanol–water partition coefficient (Wildman–Crippen LogP) is 1.89. The molecule has 0 bridgehead atoms. The number of rotatable bonds is 6. The van der Waals surface area contributed by atoms with Crippen molar-refractivity contribution < 1.29 is 14.5 Å². The molecule has 0 fully saturated rings. The summed E-state index contributed by atoms with van der Waals surface area (Å²) in [7, 11) is 1.50. The van der Waals surface area contributed by atoms with E-state index < -0.39 is 10.8 Å². The van der Waals surface area contributed by atoms with Crippen LogP contribution < -0.4 is 5.32 Å². The number of hydrogen-bond acceptors (Lipinski definition) is 4. The Morgan fingerprint density at radius 2 is 2.26 bits per heavy atom. The molecule has 0 saturated carbocycles. The van der Waals surface area contributed by atoms with Gasteiger partial charge < -0.3 is 10.1 Å². The maximum atomic E-state index is 11.9. The SMILES string of the molecule is COCC(CCl)NC(=O)c1ccc(C)c([N+](=O)[O-])c1. The highest BCUT2D eigenvalue weighted by Crippen LogP contribution is 2.19. The highest BCUT2D eigenvalue weighted by molar-refractivity contribution is 6.18. The molecule has 1 amide bonds. The minimum atomic E-state index is -0.514. The van der Waals surface area contributed by atoms with Gasteiger partial charge in [0.15, 0.2) is 0 Å². The summed E-state index contributed by atoms with van der Waals surface area (Å²) in [6.07, 6.45) is 0. The predicted molar refractivity (Wildman–Crippen MR) is 71.7 cm³/mol. The number of nitro groups is 1. The molecule has 104 valence electrons. The number of benzene rings is 1. The van der Waals surface area contributed by atoms with Crippen LogP contribution in [0, 0.1) is 17.0 Å². The molecule has 1 N–H and O–H groups in total. The van der Waals surface area contributed by atoms with Crippen LogP contribution in [0.2, 0.25) is 0 Å². The maximum Gasteiger partial charge on any atom is 0.273 e. The average Bonchev–Trinajstić information content (AvgIpc) is 2.38. The Labute approximate surface area is 115 Å². The van der Waals surface area contributed by atoms with Crippen molar-refractivity contribution in [3.05, 3.63) is 39.4 Å². The van der Waals surface area contributed by atoms with E-state index in [1.807, 2.05) is 0 Å². The van der Waals surface area contributed by atoms with Gasteiger partial charge in [0.2, 0.25) is 0 Å². The van der Waals surface area contributed by atoms with Gasteiger partial charge in [0.25, 0.3) is 11.6 Å². The number of alkyl halides is 1. The fraction of sp³-hybridized carbons (Fsp3) is 0.417. The number of nitrogens with one attached hydrogen (secondary N) is 1. The minimum absolute atomic E-state index is 0.0817. The maximum absolute atomic E-state index is 11.9. The fourth-order valence-electron chi connectivity index (χ4n) is 1.54. The molecule has 1 unspecified atom stereocenters. The lowest BCUT2D eigenvalue weighted by Gasteiger charge is -2.15. The molecule has 0 heterocycles. The molecular formula is C12H15ClN2O4. The van der Waals surface area contributed by atoms with Crippen LogP contribution in [0.4, 0.5) is 5.69 Å². The van der Waals surface area contributed by atoms with Gasteiger partial charge in [0, 0.05) is 30.2 Å². The molecule has 19 heavy (non-hydrogen) atoms. The summed E-state index contributed by atoms with van der Waals surface area (Å²) in [4.78, 5) is 22.2. The number of carbonyl (C=O) groups is 1. The Kier molecular flexibility index (Phi) is 5.72. The first-order valence-electron chi connectivity index (χ1n) is 5.60. The van der Waals surface area contributed by atoms with Gasteiger partial charge in [-0.05, 0) is 13.0 Å². The lowest BCUT2D eigenvalue weighted by Crippen LogP contribution is -2.39. The number of hydrogen-bond donors (Lipinski definition) is 1. The first-order chi connectivity index (χ1) is 8.99. The van der Waals surface area contributed by atoms with E-state index in [-0.39, 0.29) is 29.8 Å². The second-order valence-corrected chi connectivity index (χ2v) is 4.35. The molecule has 1 aromatic carbocycles. The molecule has 0 aliphatic heterocycles. The Bertz CT molecular complexity index is 479. The second kappa shape index (κ2) is 7.06. The van der Waals surface area contributed by atoms with Gasteiger partial charge in [-0.1, -0.05) is 6.07 Å². The zero-order chi connectivity index (χ0) is 14.4. The number of ether oxygens (including phenoxy) is 1. The van der Waals surface area contributed by atoms with Crippen molar-refractivity contribution in [3.8, 4) is 0 Å². The topological polar surface area (TPSA) is 81.5 Å². The van der Waals surface area contributed by atoms with E-state index in [9.17, 15) is 14.9 Å². The van der Waals surface area contributed by atoms with Crippen LogP contribution in [0.5, 0.6) is 0 Å². The van der Waals surface area contributed by atoms with Gasteiger partial charge in [0.1, 0.15) is 0 Å². The molecule has 0 aliphatic carbocycles. The number of amides is 1. The first kappa shape index (κ1) is 15.4. The van der Waals surface area contributed by atoms with Crippen LogP contribution in [-0.4, -0.2) is 36.5 Å². The van der Waals surface area contributed by atoms with Crippen LogP contribution in [0.25, 0.3) is 0 Å². The van der Waals surface area contributed by atoms with Crippen molar-refractivity contribution in [2.45, 2.75) is 13.0 Å². The smallest absolute Gasteiger partial charge is 0.273 e. The van der Waals surface area contributed by atoms with Gasteiger partial charge >= 0.3 is 0 Å². The fourth-order valence-corrected chi connectivity index (χ4v) is 1.71. The molecule has 6 nitrogen and oxygen atoms in total. The lowest BCUT2D eigenvalue weighted by atomic mass is 10.1. The Morgan fingerprint density at radius 3 is 2.79 bits per heavy atom. The quantitative estimate of drug-likeness (QED) is 0.492. The molecule has 0 radical (unpaired) electrons. The van der Waals surface area contributed by atoms with Crippen LogP contribution in [0.3, 0.4) is 0 Å². The summed E-state index contributed by atoms with van der Waals surface area (Å²) >= 11 is 5.68. The average molecular weight is 287 g/mol. The summed E-state index contributed by atoms with van der Waals surface area (Å²) in [5.41, 5.74) is 0.651. The van der Waals surface area contributed by atoms with E-state index in [1.165, 1.54) is 19.2 Å². The van der Waals surface area contributed by atoms with Crippen molar-refractivity contribution >= 4 is 23.2 Å². The van der Waals surface area contributed by atoms with Crippen LogP contribution in [0.15, 0.2) is 18.2 Å². The molecule has 1 atom stereocenters. The lowest BCUT2D eigenvalue weighted by molar-refractivity contribution is -0.385. The van der Waals surface area contributed by atoms with Gasteiger partial charge in [-0.15, -0.1) is 11.6 Å². The molecule has 7 heteroatoms. The summed E-state index contributed by atoms with van der Waals surface area (Å²) in [5.74, 6) is -0.209. The number of halogens is 1. The number of nitro benzene ring substituents is 1. The summed E-state index contributed by atoms with van der Waals surface area (Å²) in [6, 6.07) is 4.00. The standard InChI is InChI=1S/C12H15ClN2O4/c1-8-3-4-9(5-11(8)15(17)18)12(16)14-10(6-13)7-19-2/h3-5,10H,6-7H2,1-2H3,(H,14,16). The Morgan fingerprint density at radius 1 is 1.58 bits per heavy atom. The number of carbonyl (C=O) groups excluding carboxylic acids is 1. The highest BCUT2D eigenvalue weighted by atomic mass is 35.5. The van der Waals surface area contributed by atoms with Gasteiger partial charge in [0.05, 0.1) is 17.6 Å². The highest BCUT2D eigenvalue weighted by Gasteiger charge is 2.17. The van der Waals surface area contributed by atoms with E-state index in [0.29, 0.717) is 5.56 Å². The monoisotopic (exact) mass is 286 g/mol. The van der Waals surface area contributed by atoms with Gasteiger partial charge in [-0.2, -0.15) is 0 Å². The molecular weight excluding hydrogens is 272 g/mol. The van der Waals surface area contributed by atoms with E-state index in [2.05, 4.69) is 5.32 Å². The zero-order valence-electron chi connectivity index (χ0n) is 10.7. The first-order valence-corrected chi connectivity index (χ1v) is 6.13. The number of nitrogens with zero attached hydrogens (tertiary/aromatic N) is 1. The number of aryl methyl sites for hydroxylation is 1. The second-order valence-electron chi connectivity index (χ2n) is 4.04. The Hall–Kier alpha value is -1.66. The van der Waals surface area contributed by atoms with Gasteiger partial charge in [-0.3, -0.25) is 14.9 Å². The van der Waals surface area contributed by atoms with Crippen LogP contribution >= 0.6 is 11.6 Å². The van der Waals surface area contributed by atoms with Crippen LogP contribution in [0.1, 0.15) is 15.9 Å². The van der Waals surface area contributed by atoms with Crippen molar-refractivity contribution in [3.63, 3.8) is 0 Å². The largest absolute Gasteiger partial charge is 0.383 e. The third kappa shape index (κ3) is 4.18. The molecule has 0 aromatic heterocycles. The summed E-state index contributed by atoms with van der Waals surface area (Å²) in [5, 5.41) is 13.5. The Balaban J connectivity index is 2.88. The van der Waals surface area contributed by atoms with E-state index in [4.69, 9.17) is 16.3 Å². The summed E-state index contributed by atoms with van der Waals surface area (Å²) in [6.45, 7) is 1.90. The molecule has 0 aliphatic rings. The van der Waals surface area contributed by atoms with Crippen molar-refractivity contribution in [2.75, 3.05) is 19.6 Å². The molecule has 1 aromatic rings. The molecule has 0 saturated heterocycles. The summed E-state index contributed by atoms with van der Waals surface area (Å²) < 4.78 is 4.91. The van der Waals surface area contributed by atoms with Crippen molar-refractivity contribution in [1.82, 2.24) is 5.32 Å². The van der Waals surface area contributed by atoms with Crippen molar-refractivity contribution in [2.24, 2.45) is 0 Å². The zero-order valence-corrected chi connectivity index (χ0v) is 11.4. The third-order valence-corrected chi connectivity index (χ3v) is 2.93.